The topological polar surface area (TPSA) is 84.6 Å². The van der Waals surface area contributed by atoms with E-state index in [1.54, 1.807) is 0 Å². The smallest absolute Gasteiger partial charge is 0.332 e. The molecule has 4 aliphatic carbocycles. The second-order valence-corrected chi connectivity index (χ2v) is 9.00. The van der Waals surface area contributed by atoms with Gasteiger partial charge >= 0.3 is 6.03 Å². The second-order valence-electron chi connectivity index (χ2n) is 9.00. The van der Waals surface area contributed by atoms with E-state index in [1.807, 2.05) is 6.08 Å². The number of allylic oxidation sites excluding steroid dienone is 1. The van der Waals surface area contributed by atoms with Crippen LogP contribution >= 0.6 is 0 Å². The maximum Gasteiger partial charge on any atom is 0.332 e. The zero-order valence-corrected chi connectivity index (χ0v) is 15.3. The Kier molecular flexibility index (Phi) is 3.82. The monoisotopic (exact) mass is 343 g/mol. The lowest BCUT2D eigenvalue weighted by Gasteiger charge is -2.57. The van der Waals surface area contributed by atoms with Gasteiger partial charge in [0.15, 0.2) is 5.78 Å². The average Bonchev–Trinajstić information content (AvgIpc) is 2.90. The van der Waals surface area contributed by atoms with Gasteiger partial charge in [-0.2, -0.15) is 5.10 Å². The minimum Gasteiger partial charge on any atom is -0.350 e. The summed E-state index contributed by atoms with van der Waals surface area (Å²) in [4.78, 5) is 22.9. The average molecular weight is 343 g/mol. The van der Waals surface area contributed by atoms with Gasteiger partial charge in [0, 0.05) is 17.5 Å². The van der Waals surface area contributed by atoms with Crippen molar-refractivity contribution < 1.29 is 9.59 Å². The minimum absolute atomic E-state index is 0.0890. The number of nitrogens with zero attached hydrogens (tertiary/aromatic N) is 1. The number of ketones is 1. The van der Waals surface area contributed by atoms with Crippen molar-refractivity contribution >= 4 is 17.5 Å². The van der Waals surface area contributed by atoms with Crippen molar-refractivity contribution in [3.63, 3.8) is 0 Å². The van der Waals surface area contributed by atoms with Gasteiger partial charge in [-0.05, 0) is 74.2 Å². The Balaban J connectivity index is 1.62. The quantitative estimate of drug-likeness (QED) is 0.714. The number of hydrogen-bond acceptors (Lipinski definition) is 3. The Hall–Kier alpha value is -1.65. The molecule has 136 valence electrons. The number of rotatable bonds is 1. The molecule has 0 bridgehead atoms. The molecule has 3 N–H and O–H groups in total. The number of urea groups is 1. The molecule has 0 heterocycles. The molecule has 5 heteroatoms. The van der Waals surface area contributed by atoms with E-state index in [2.05, 4.69) is 24.4 Å². The van der Waals surface area contributed by atoms with Crippen LogP contribution in [0.3, 0.4) is 0 Å². The van der Waals surface area contributed by atoms with Gasteiger partial charge in [0.25, 0.3) is 0 Å². The van der Waals surface area contributed by atoms with Crippen LogP contribution in [0.25, 0.3) is 0 Å². The fraction of sp³-hybridized carbons (Fsp3) is 0.750. The summed E-state index contributed by atoms with van der Waals surface area (Å²) in [5.74, 6) is 2.34. The summed E-state index contributed by atoms with van der Waals surface area (Å²) in [5.41, 5.74) is 10.5. The fourth-order valence-electron chi connectivity index (χ4n) is 6.65. The van der Waals surface area contributed by atoms with Crippen LogP contribution in [0.4, 0.5) is 4.79 Å². The van der Waals surface area contributed by atoms with Gasteiger partial charge in [-0.25, -0.2) is 10.2 Å². The molecule has 3 saturated carbocycles. The van der Waals surface area contributed by atoms with Gasteiger partial charge in [-0.3, -0.25) is 4.79 Å². The lowest BCUT2D eigenvalue weighted by molar-refractivity contribution is -0.117. The van der Waals surface area contributed by atoms with Crippen molar-refractivity contribution in [2.75, 3.05) is 0 Å². The van der Waals surface area contributed by atoms with E-state index in [-0.39, 0.29) is 10.8 Å². The number of carbonyl (C=O) groups excluding carboxylic acids is 2. The third kappa shape index (κ3) is 2.46. The van der Waals surface area contributed by atoms with E-state index < -0.39 is 6.03 Å². The van der Waals surface area contributed by atoms with Crippen LogP contribution in [-0.2, 0) is 4.79 Å². The number of hydrogen-bond donors (Lipinski definition) is 2. The van der Waals surface area contributed by atoms with Crippen molar-refractivity contribution in [1.82, 2.24) is 5.43 Å². The molecule has 5 atom stereocenters. The summed E-state index contributed by atoms with van der Waals surface area (Å²) in [5, 5.41) is 4.36. The Morgan fingerprint density at radius 3 is 2.64 bits per heavy atom. The lowest BCUT2D eigenvalue weighted by Crippen LogP contribution is -2.50. The summed E-state index contributed by atoms with van der Waals surface area (Å²) >= 11 is 0. The largest absolute Gasteiger partial charge is 0.350 e. The van der Waals surface area contributed by atoms with Gasteiger partial charge in [-0.15, -0.1) is 0 Å². The summed E-state index contributed by atoms with van der Waals surface area (Å²) in [7, 11) is 0. The van der Waals surface area contributed by atoms with Crippen LogP contribution in [0.15, 0.2) is 16.8 Å². The summed E-state index contributed by atoms with van der Waals surface area (Å²) in [6.07, 6.45) is 10.4. The van der Waals surface area contributed by atoms with E-state index in [0.29, 0.717) is 30.0 Å². The molecular formula is C20H29N3O2. The summed E-state index contributed by atoms with van der Waals surface area (Å²) in [6, 6.07) is -0.583. The number of primary amides is 1. The Labute approximate surface area is 149 Å². The standard InChI is InChI=1S/C20H29N3O2/c1-19-9-7-13(24)11-12(19)3-4-14-15-5-6-17(22-23-18(21)25)20(15,2)10-8-16(14)19/h11,14-16H,3-10H2,1-2H3,(H3,21,23,25)/b22-17-/t14-,15+,16+,19-,20-/m0/s1. The van der Waals surface area contributed by atoms with Crippen LogP contribution in [0.1, 0.15) is 65.2 Å². The van der Waals surface area contributed by atoms with Crippen LogP contribution in [-0.4, -0.2) is 17.5 Å². The molecule has 25 heavy (non-hydrogen) atoms. The zero-order valence-electron chi connectivity index (χ0n) is 15.3. The first-order valence-electron chi connectivity index (χ1n) is 9.71. The number of nitrogens with one attached hydrogen (secondary N) is 1. The lowest BCUT2D eigenvalue weighted by atomic mass is 9.47. The van der Waals surface area contributed by atoms with Gasteiger partial charge in [0.1, 0.15) is 0 Å². The molecular weight excluding hydrogens is 314 g/mol. The van der Waals surface area contributed by atoms with Crippen molar-refractivity contribution in [3.8, 4) is 0 Å². The highest BCUT2D eigenvalue weighted by molar-refractivity contribution is 5.93. The van der Waals surface area contributed by atoms with Crippen molar-refractivity contribution in [3.05, 3.63) is 11.6 Å². The first kappa shape index (κ1) is 16.8. The molecule has 0 radical (unpaired) electrons. The highest BCUT2D eigenvalue weighted by Gasteiger charge is 2.58. The molecule has 4 rings (SSSR count). The van der Waals surface area contributed by atoms with E-state index in [1.165, 1.54) is 18.4 Å². The van der Waals surface area contributed by atoms with Gasteiger partial charge < -0.3 is 5.73 Å². The second kappa shape index (κ2) is 5.68. The fourth-order valence-corrected chi connectivity index (χ4v) is 6.65. The van der Waals surface area contributed by atoms with E-state index in [9.17, 15) is 9.59 Å². The highest BCUT2D eigenvalue weighted by atomic mass is 16.2. The molecule has 0 spiro atoms. The van der Waals surface area contributed by atoms with Gasteiger partial charge in [0.2, 0.25) is 0 Å². The van der Waals surface area contributed by atoms with Crippen molar-refractivity contribution in [2.24, 2.45) is 39.4 Å². The predicted octanol–water partition coefficient (Wildman–Crippen LogP) is 3.54. The number of amides is 2. The third-order valence-corrected chi connectivity index (χ3v) is 8.00. The molecule has 5 nitrogen and oxygen atoms in total. The van der Waals surface area contributed by atoms with Crippen LogP contribution in [0, 0.1) is 28.6 Å². The van der Waals surface area contributed by atoms with Crippen LogP contribution in [0.2, 0.25) is 0 Å². The molecule has 2 amide bonds. The van der Waals surface area contributed by atoms with Crippen molar-refractivity contribution in [2.45, 2.75) is 65.2 Å². The first-order chi connectivity index (χ1) is 11.8. The molecule has 0 aliphatic heterocycles. The van der Waals surface area contributed by atoms with Gasteiger partial charge in [0.05, 0.1) is 0 Å². The normalized spacial score (nSPS) is 44.6. The number of carbonyl (C=O) groups is 2. The van der Waals surface area contributed by atoms with Crippen molar-refractivity contribution in [1.29, 1.82) is 0 Å². The first-order valence-corrected chi connectivity index (χ1v) is 9.71. The zero-order chi connectivity index (χ0) is 17.8. The number of fused-ring (bicyclic) bond motifs is 5. The third-order valence-electron chi connectivity index (χ3n) is 8.00. The maximum absolute atomic E-state index is 11.9. The van der Waals surface area contributed by atoms with E-state index >= 15 is 0 Å². The summed E-state index contributed by atoms with van der Waals surface area (Å²) in [6.45, 7) is 4.74. The molecule has 0 aromatic heterocycles. The summed E-state index contributed by atoms with van der Waals surface area (Å²) < 4.78 is 0. The number of hydrazone groups is 1. The minimum atomic E-state index is -0.583. The molecule has 0 aromatic carbocycles. The van der Waals surface area contributed by atoms with E-state index in [4.69, 9.17) is 5.73 Å². The maximum atomic E-state index is 11.9. The number of nitrogens with two attached hydrogens (primary N) is 1. The molecule has 0 saturated heterocycles. The Morgan fingerprint density at radius 2 is 1.88 bits per heavy atom. The van der Waals surface area contributed by atoms with E-state index in [0.717, 1.165) is 37.8 Å². The van der Waals surface area contributed by atoms with Gasteiger partial charge in [-0.1, -0.05) is 19.4 Å². The van der Waals surface area contributed by atoms with Crippen LogP contribution < -0.4 is 11.2 Å². The van der Waals surface area contributed by atoms with Crippen LogP contribution in [0.5, 0.6) is 0 Å². The molecule has 0 unspecified atom stereocenters. The molecule has 0 aromatic rings. The molecule has 3 fully saturated rings. The molecule has 4 aliphatic rings. The SMILES string of the molecule is C[C@]12CCC(=O)C=C1CC[C@@H]1[C@H]2CC[C@]2(C)/C(=N\NC(N)=O)CC[C@H]12. The Bertz CT molecular complexity index is 682. The highest BCUT2D eigenvalue weighted by Crippen LogP contribution is 2.64. The predicted molar refractivity (Wildman–Crippen MR) is 96.9 cm³/mol. The Morgan fingerprint density at radius 1 is 1.12 bits per heavy atom.